The van der Waals surface area contributed by atoms with E-state index in [-0.39, 0.29) is 12.4 Å². The Kier molecular flexibility index (Phi) is 4.19. The lowest BCUT2D eigenvalue weighted by atomic mass is 10.00. The van der Waals surface area contributed by atoms with Crippen molar-refractivity contribution in [2.75, 3.05) is 6.54 Å². The van der Waals surface area contributed by atoms with Crippen LogP contribution in [0, 0.1) is 12.7 Å². The maximum Gasteiger partial charge on any atom is 0.407 e. The number of fused-ring (bicyclic) bond motifs is 1. The number of hydrogen-bond donors (Lipinski definition) is 1. The minimum atomic E-state index is -0.905. The summed E-state index contributed by atoms with van der Waals surface area (Å²) in [5.74, 6) is 0.386. The van der Waals surface area contributed by atoms with E-state index < -0.39 is 6.09 Å². The molecule has 1 N–H and O–H groups in total. The van der Waals surface area contributed by atoms with Crippen molar-refractivity contribution in [2.45, 2.75) is 26.5 Å². The van der Waals surface area contributed by atoms with Gasteiger partial charge in [0.25, 0.3) is 0 Å². The van der Waals surface area contributed by atoms with Crippen LogP contribution in [0.4, 0.5) is 9.18 Å². The van der Waals surface area contributed by atoms with Gasteiger partial charge in [-0.1, -0.05) is 12.1 Å². The first kappa shape index (κ1) is 15.3. The van der Waals surface area contributed by atoms with Crippen molar-refractivity contribution < 1.29 is 19.0 Å². The van der Waals surface area contributed by atoms with E-state index in [0.29, 0.717) is 25.3 Å². The fraction of sp³-hybridized carbons (Fsp3) is 0.278. The largest absolute Gasteiger partial charge is 0.489 e. The van der Waals surface area contributed by atoms with Gasteiger partial charge in [-0.3, -0.25) is 0 Å². The Balaban J connectivity index is 1.73. The lowest BCUT2D eigenvalue weighted by molar-refractivity contribution is 0.140. The van der Waals surface area contributed by atoms with Gasteiger partial charge in [0, 0.05) is 13.1 Å². The second-order valence-corrected chi connectivity index (χ2v) is 5.74. The highest BCUT2D eigenvalue weighted by atomic mass is 19.1. The summed E-state index contributed by atoms with van der Waals surface area (Å²) >= 11 is 0. The van der Waals surface area contributed by atoms with E-state index in [0.717, 1.165) is 22.3 Å². The predicted octanol–water partition coefficient (Wildman–Crippen LogP) is 3.75. The summed E-state index contributed by atoms with van der Waals surface area (Å²) < 4.78 is 19.1. The molecule has 120 valence electrons. The average Bonchev–Trinajstić information content (AvgIpc) is 2.55. The number of ether oxygens (including phenoxy) is 1. The van der Waals surface area contributed by atoms with Crippen LogP contribution in [0.25, 0.3) is 0 Å². The number of hydrogen-bond acceptors (Lipinski definition) is 2. The number of aryl methyl sites for hydroxylation is 1. The maximum absolute atomic E-state index is 13.3. The van der Waals surface area contributed by atoms with Crippen LogP contribution in [0.5, 0.6) is 5.75 Å². The van der Waals surface area contributed by atoms with Gasteiger partial charge in [-0.05, 0) is 59.9 Å². The lowest BCUT2D eigenvalue weighted by Gasteiger charge is -2.26. The fourth-order valence-electron chi connectivity index (χ4n) is 2.74. The van der Waals surface area contributed by atoms with Crippen molar-refractivity contribution in [2.24, 2.45) is 0 Å². The van der Waals surface area contributed by atoms with Crippen LogP contribution >= 0.6 is 0 Å². The minimum absolute atomic E-state index is 0.281. The molecule has 2 aromatic rings. The van der Waals surface area contributed by atoms with E-state index >= 15 is 0 Å². The Morgan fingerprint density at radius 3 is 2.87 bits per heavy atom. The summed E-state index contributed by atoms with van der Waals surface area (Å²) in [5.41, 5.74) is 3.89. The topological polar surface area (TPSA) is 49.8 Å². The Bertz CT molecular complexity index is 745. The summed E-state index contributed by atoms with van der Waals surface area (Å²) in [5, 5.41) is 9.10. The molecule has 4 nitrogen and oxygen atoms in total. The summed E-state index contributed by atoms with van der Waals surface area (Å²) in [6.45, 7) is 3.09. The molecule has 0 bridgehead atoms. The number of carbonyl (C=O) groups is 1. The van der Waals surface area contributed by atoms with Crippen LogP contribution in [0.3, 0.4) is 0 Å². The third kappa shape index (κ3) is 3.44. The fourth-order valence-corrected chi connectivity index (χ4v) is 2.74. The Morgan fingerprint density at radius 2 is 2.09 bits per heavy atom. The van der Waals surface area contributed by atoms with E-state index in [1.54, 1.807) is 6.07 Å². The highest BCUT2D eigenvalue weighted by Gasteiger charge is 2.20. The summed E-state index contributed by atoms with van der Waals surface area (Å²) in [6.07, 6.45) is -0.192. The standard InChI is InChI=1S/C18H18FNO3/c1-12-2-4-16(19)8-15(12)11-23-17-5-3-13-6-7-20(18(21)22)10-14(13)9-17/h2-5,8-9H,6-7,10-11H2,1H3,(H,21,22). The molecule has 3 rings (SSSR count). The molecule has 0 radical (unpaired) electrons. The Labute approximate surface area is 134 Å². The molecule has 0 spiro atoms. The zero-order chi connectivity index (χ0) is 16.4. The predicted molar refractivity (Wildman–Crippen MR) is 84.0 cm³/mol. The average molecular weight is 315 g/mol. The van der Waals surface area contributed by atoms with Crippen molar-refractivity contribution in [3.8, 4) is 5.75 Å². The third-order valence-corrected chi connectivity index (χ3v) is 4.17. The maximum atomic E-state index is 13.3. The second-order valence-electron chi connectivity index (χ2n) is 5.74. The van der Waals surface area contributed by atoms with Crippen LogP contribution in [0.2, 0.25) is 0 Å². The van der Waals surface area contributed by atoms with Gasteiger partial charge in [-0.15, -0.1) is 0 Å². The number of benzene rings is 2. The van der Waals surface area contributed by atoms with Crippen molar-refractivity contribution >= 4 is 6.09 Å². The van der Waals surface area contributed by atoms with Crippen LogP contribution in [0.1, 0.15) is 22.3 Å². The lowest BCUT2D eigenvalue weighted by Crippen LogP contribution is -2.34. The van der Waals surface area contributed by atoms with Crippen molar-refractivity contribution in [1.29, 1.82) is 0 Å². The van der Waals surface area contributed by atoms with Crippen molar-refractivity contribution in [3.63, 3.8) is 0 Å². The van der Waals surface area contributed by atoms with Gasteiger partial charge >= 0.3 is 6.09 Å². The number of rotatable bonds is 3. The monoisotopic (exact) mass is 315 g/mol. The van der Waals surface area contributed by atoms with Gasteiger partial charge < -0.3 is 14.7 Å². The number of halogens is 1. The molecule has 23 heavy (non-hydrogen) atoms. The molecule has 5 heteroatoms. The van der Waals surface area contributed by atoms with Crippen molar-refractivity contribution in [3.05, 3.63) is 64.5 Å². The number of amides is 1. The Morgan fingerprint density at radius 1 is 1.26 bits per heavy atom. The van der Waals surface area contributed by atoms with Gasteiger partial charge in [0.15, 0.2) is 0 Å². The Hall–Kier alpha value is -2.56. The summed E-state index contributed by atoms with van der Waals surface area (Å²) in [4.78, 5) is 12.5. The summed E-state index contributed by atoms with van der Waals surface area (Å²) in [6, 6.07) is 10.4. The molecule has 0 atom stereocenters. The van der Waals surface area contributed by atoms with Crippen molar-refractivity contribution in [1.82, 2.24) is 4.90 Å². The summed E-state index contributed by atoms with van der Waals surface area (Å²) in [7, 11) is 0. The number of carboxylic acid groups (broad SMARTS) is 1. The first-order valence-electron chi connectivity index (χ1n) is 7.50. The number of nitrogens with zero attached hydrogens (tertiary/aromatic N) is 1. The SMILES string of the molecule is Cc1ccc(F)cc1COc1ccc2c(c1)CN(C(=O)O)CC2. The molecule has 0 aromatic heterocycles. The first-order valence-corrected chi connectivity index (χ1v) is 7.50. The quantitative estimate of drug-likeness (QED) is 0.938. The molecular weight excluding hydrogens is 297 g/mol. The van der Waals surface area contributed by atoms with E-state index in [9.17, 15) is 9.18 Å². The zero-order valence-electron chi connectivity index (χ0n) is 12.9. The van der Waals surface area contributed by atoms with Gasteiger partial charge in [0.2, 0.25) is 0 Å². The van der Waals surface area contributed by atoms with Gasteiger partial charge in [0.1, 0.15) is 18.2 Å². The van der Waals surface area contributed by atoms with Crippen LogP contribution < -0.4 is 4.74 Å². The molecule has 0 aliphatic carbocycles. The molecule has 1 aliphatic heterocycles. The molecule has 0 saturated carbocycles. The van der Waals surface area contributed by atoms with Crippen LogP contribution in [0.15, 0.2) is 36.4 Å². The second kappa shape index (κ2) is 6.28. The first-order chi connectivity index (χ1) is 11.0. The normalized spacial score (nSPS) is 13.6. The minimum Gasteiger partial charge on any atom is -0.489 e. The molecule has 2 aromatic carbocycles. The highest BCUT2D eigenvalue weighted by Crippen LogP contribution is 2.25. The smallest absolute Gasteiger partial charge is 0.407 e. The highest BCUT2D eigenvalue weighted by molar-refractivity contribution is 5.65. The molecule has 0 unspecified atom stereocenters. The molecule has 1 amide bonds. The van der Waals surface area contributed by atoms with E-state index in [1.807, 2.05) is 25.1 Å². The molecule has 0 saturated heterocycles. The molecule has 1 heterocycles. The van der Waals surface area contributed by atoms with Gasteiger partial charge in [0.05, 0.1) is 0 Å². The van der Waals surface area contributed by atoms with E-state index in [2.05, 4.69) is 0 Å². The third-order valence-electron chi connectivity index (χ3n) is 4.17. The molecular formula is C18H18FNO3. The van der Waals surface area contributed by atoms with E-state index in [1.165, 1.54) is 17.0 Å². The van der Waals surface area contributed by atoms with Gasteiger partial charge in [-0.2, -0.15) is 0 Å². The van der Waals surface area contributed by atoms with Crippen LogP contribution in [-0.4, -0.2) is 22.6 Å². The van der Waals surface area contributed by atoms with Gasteiger partial charge in [-0.25, -0.2) is 9.18 Å². The molecule has 0 fully saturated rings. The zero-order valence-corrected chi connectivity index (χ0v) is 12.9. The molecule has 1 aliphatic rings. The van der Waals surface area contributed by atoms with Crippen LogP contribution in [-0.2, 0) is 19.6 Å². The van der Waals surface area contributed by atoms with E-state index in [4.69, 9.17) is 9.84 Å².